The number of fused-ring (bicyclic) bond motifs is 1. The lowest BCUT2D eigenvalue weighted by molar-refractivity contribution is -0.118. The summed E-state index contributed by atoms with van der Waals surface area (Å²) in [6.45, 7) is 6.25. The number of benzene rings is 2. The molecular weight excluding hydrogens is 461 g/mol. The highest BCUT2D eigenvalue weighted by atomic mass is 35.5. The first-order valence-electron chi connectivity index (χ1n) is 10.4. The highest BCUT2D eigenvalue weighted by Gasteiger charge is 2.17. The summed E-state index contributed by atoms with van der Waals surface area (Å²) in [5, 5.41) is 8.23. The second kappa shape index (κ2) is 9.89. The summed E-state index contributed by atoms with van der Waals surface area (Å²) in [6, 6.07) is 12.7. The van der Waals surface area contributed by atoms with Crippen LogP contribution in [0.15, 0.2) is 47.6 Å². The number of hydrogen-bond acceptors (Lipinski definition) is 5. The topological polar surface area (TPSA) is 72.2 Å². The number of thioether (sulfide) groups is 1. The Labute approximate surface area is 200 Å². The standard InChI is InChI=1S/C24H23ClFN5OS/c1-14-7-9-17(10-8-14)12-27-22(32)13-33-24-29-23-28-15(2)18(16(3)31(23)30-24)11-19-20(25)5-4-6-21(19)26/h4-10H,11-13H2,1-3H3,(H,27,32). The predicted molar refractivity (Wildman–Crippen MR) is 128 cm³/mol. The maximum atomic E-state index is 14.3. The number of rotatable bonds is 7. The van der Waals surface area contributed by atoms with Crippen molar-refractivity contribution in [3.63, 3.8) is 0 Å². The van der Waals surface area contributed by atoms with Gasteiger partial charge >= 0.3 is 0 Å². The average Bonchev–Trinajstić information content (AvgIpc) is 3.19. The molecule has 2 aromatic carbocycles. The Morgan fingerprint density at radius 1 is 1.09 bits per heavy atom. The summed E-state index contributed by atoms with van der Waals surface area (Å²) in [6.07, 6.45) is 0.301. The molecule has 4 rings (SSSR count). The molecule has 6 nitrogen and oxygen atoms in total. The zero-order valence-corrected chi connectivity index (χ0v) is 20.1. The Balaban J connectivity index is 1.46. The molecular formula is C24H23ClFN5OS. The second-order valence-corrected chi connectivity index (χ2v) is 9.15. The van der Waals surface area contributed by atoms with E-state index in [4.69, 9.17) is 11.6 Å². The summed E-state index contributed by atoms with van der Waals surface area (Å²) < 4.78 is 15.9. The van der Waals surface area contributed by atoms with Crippen LogP contribution in [-0.4, -0.2) is 31.2 Å². The van der Waals surface area contributed by atoms with Crippen LogP contribution in [0.5, 0.6) is 0 Å². The van der Waals surface area contributed by atoms with Crippen LogP contribution in [0.2, 0.25) is 5.02 Å². The minimum Gasteiger partial charge on any atom is -0.351 e. The normalized spacial score (nSPS) is 11.2. The fraction of sp³-hybridized carbons (Fsp3) is 0.250. The summed E-state index contributed by atoms with van der Waals surface area (Å²) in [7, 11) is 0. The van der Waals surface area contributed by atoms with Crippen molar-refractivity contribution in [3.05, 3.63) is 86.9 Å². The molecule has 0 saturated heterocycles. The lowest BCUT2D eigenvalue weighted by Gasteiger charge is -2.12. The van der Waals surface area contributed by atoms with E-state index in [2.05, 4.69) is 20.4 Å². The quantitative estimate of drug-likeness (QED) is 0.381. The SMILES string of the molecule is Cc1ccc(CNC(=O)CSc2nc3nc(C)c(Cc4c(F)cccc4Cl)c(C)n3n2)cc1. The van der Waals surface area contributed by atoms with Crippen molar-refractivity contribution in [1.82, 2.24) is 24.9 Å². The number of halogens is 2. The lowest BCUT2D eigenvalue weighted by atomic mass is 10.0. The van der Waals surface area contributed by atoms with Gasteiger partial charge < -0.3 is 5.32 Å². The first-order chi connectivity index (χ1) is 15.8. The van der Waals surface area contributed by atoms with Crippen LogP contribution in [0.25, 0.3) is 5.78 Å². The number of aromatic nitrogens is 4. The van der Waals surface area contributed by atoms with Crippen LogP contribution in [0.1, 0.15) is 33.6 Å². The van der Waals surface area contributed by atoms with Gasteiger partial charge in [0.2, 0.25) is 11.1 Å². The maximum absolute atomic E-state index is 14.3. The van der Waals surface area contributed by atoms with E-state index >= 15 is 0 Å². The molecule has 170 valence electrons. The van der Waals surface area contributed by atoms with Crippen LogP contribution in [0.4, 0.5) is 4.39 Å². The highest BCUT2D eigenvalue weighted by molar-refractivity contribution is 7.99. The van der Waals surface area contributed by atoms with Crippen molar-refractivity contribution >= 4 is 35.0 Å². The molecule has 0 aliphatic rings. The van der Waals surface area contributed by atoms with E-state index in [1.54, 1.807) is 16.6 Å². The molecule has 0 spiro atoms. The number of aryl methyl sites for hydroxylation is 3. The van der Waals surface area contributed by atoms with Crippen molar-refractivity contribution in [3.8, 4) is 0 Å². The molecule has 33 heavy (non-hydrogen) atoms. The smallest absolute Gasteiger partial charge is 0.253 e. The predicted octanol–water partition coefficient (Wildman–Crippen LogP) is 4.84. The minimum atomic E-state index is -0.354. The van der Waals surface area contributed by atoms with Gasteiger partial charge in [0.1, 0.15) is 5.82 Å². The average molecular weight is 484 g/mol. The molecule has 1 amide bonds. The molecule has 0 aliphatic heterocycles. The van der Waals surface area contributed by atoms with Gasteiger partial charge in [0, 0.05) is 34.9 Å². The Kier molecular flexibility index (Phi) is 6.95. The first-order valence-corrected chi connectivity index (χ1v) is 11.8. The molecule has 4 aromatic rings. The Morgan fingerprint density at radius 3 is 2.58 bits per heavy atom. The summed E-state index contributed by atoms with van der Waals surface area (Å²) in [5.41, 5.74) is 5.03. The molecule has 0 radical (unpaired) electrons. The van der Waals surface area contributed by atoms with E-state index in [9.17, 15) is 9.18 Å². The number of amides is 1. The number of hydrogen-bond donors (Lipinski definition) is 1. The summed E-state index contributed by atoms with van der Waals surface area (Å²) >= 11 is 7.46. The van der Waals surface area contributed by atoms with Crippen LogP contribution < -0.4 is 5.32 Å². The Bertz CT molecular complexity index is 1300. The molecule has 9 heteroatoms. The molecule has 0 fully saturated rings. The van der Waals surface area contributed by atoms with Gasteiger partial charge in [-0.05, 0) is 44.0 Å². The van der Waals surface area contributed by atoms with Gasteiger partial charge in [0.25, 0.3) is 5.78 Å². The van der Waals surface area contributed by atoms with Crippen LogP contribution in [-0.2, 0) is 17.8 Å². The lowest BCUT2D eigenvalue weighted by Crippen LogP contribution is -2.24. The van der Waals surface area contributed by atoms with E-state index < -0.39 is 0 Å². The van der Waals surface area contributed by atoms with Gasteiger partial charge in [-0.1, -0.05) is 59.3 Å². The number of nitrogens with zero attached hydrogens (tertiary/aromatic N) is 4. The van der Waals surface area contributed by atoms with Gasteiger partial charge in [-0.2, -0.15) is 4.98 Å². The molecule has 0 aliphatic carbocycles. The van der Waals surface area contributed by atoms with Crippen LogP contribution in [0.3, 0.4) is 0 Å². The van der Waals surface area contributed by atoms with Gasteiger partial charge in [0.05, 0.1) is 5.75 Å². The van der Waals surface area contributed by atoms with Gasteiger partial charge in [-0.3, -0.25) is 4.79 Å². The van der Waals surface area contributed by atoms with Gasteiger partial charge in [-0.15, -0.1) is 5.10 Å². The Morgan fingerprint density at radius 2 is 1.85 bits per heavy atom. The van der Waals surface area contributed by atoms with Crippen molar-refractivity contribution < 1.29 is 9.18 Å². The molecule has 0 atom stereocenters. The van der Waals surface area contributed by atoms with Crippen molar-refractivity contribution in [2.45, 2.75) is 38.9 Å². The molecule has 0 bridgehead atoms. The zero-order chi connectivity index (χ0) is 23.5. The number of carbonyl (C=O) groups excluding carboxylic acids is 1. The van der Waals surface area contributed by atoms with Crippen molar-refractivity contribution in [1.29, 1.82) is 0 Å². The van der Waals surface area contributed by atoms with Crippen molar-refractivity contribution in [2.75, 3.05) is 5.75 Å². The van der Waals surface area contributed by atoms with E-state index in [1.807, 2.05) is 45.0 Å². The maximum Gasteiger partial charge on any atom is 0.253 e. The first kappa shape index (κ1) is 23.2. The highest BCUT2D eigenvalue weighted by Crippen LogP contribution is 2.26. The molecule has 2 aromatic heterocycles. The fourth-order valence-corrected chi connectivity index (χ4v) is 4.35. The van der Waals surface area contributed by atoms with Crippen LogP contribution in [0, 0.1) is 26.6 Å². The van der Waals surface area contributed by atoms with E-state index in [0.717, 1.165) is 22.5 Å². The third kappa shape index (κ3) is 5.34. The van der Waals surface area contributed by atoms with E-state index in [1.165, 1.54) is 23.4 Å². The third-order valence-corrected chi connectivity index (χ3v) is 6.58. The van der Waals surface area contributed by atoms with Crippen molar-refractivity contribution in [2.24, 2.45) is 0 Å². The molecule has 0 saturated carbocycles. The zero-order valence-electron chi connectivity index (χ0n) is 18.5. The molecule has 1 N–H and O–H groups in total. The number of nitrogens with one attached hydrogen (secondary N) is 1. The molecule has 0 unspecified atom stereocenters. The summed E-state index contributed by atoms with van der Waals surface area (Å²) in [5.74, 6) is 0.178. The third-order valence-electron chi connectivity index (χ3n) is 5.39. The Hall–Kier alpha value is -2.97. The largest absolute Gasteiger partial charge is 0.351 e. The minimum absolute atomic E-state index is 0.102. The number of carbonyl (C=O) groups is 1. The van der Waals surface area contributed by atoms with E-state index in [0.29, 0.717) is 34.5 Å². The summed E-state index contributed by atoms with van der Waals surface area (Å²) in [4.78, 5) is 21.2. The molecule has 2 heterocycles. The van der Waals surface area contributed by atoms with Gasteiger partial charge in [-0.25, -0.2) is 13.9 Å². The van der Waals surface area contributed by atoms with Gasteiger partial charge in [0.15, 0.2) is 0 Å². The fourth-order valence-electron chi connectivity index (χ4n) is 3.47. The monoisotopic (exact) mass is 483 g/mol. The van der Waals surface area contributed by atoms with E-state index in [-0.39, 0.29) is 17.5 Å². The second-order valence-electron chi connectivity index (χ2n) is 7.80. The van der Waals surface area contributed by atoms with Crippen LogP contribution >= 0.6 is 23.4 Å².